The lowest BCUT2D eigenvalue weighted by Crippen LogP contribution is -2.26. The van der Waals surface area contributed by atoms with E-state index in [9.17, 15) is 0 Å². The Morgan fingerprint density at radius 2 is 2.00 bits per heavy atom. The summed E-state index contributed by atoms with van der Waals surface area (Å²) in [6.45, 7) is 4.22. The van der Waals surface area contributed by atoms with Crippen molar-refractivity contribution in [3.8, 4) is 21.3 Å². The molecule has 5 nitrogen and oxygen atoms in total. The molecular formula is C16H17N5S2. The molecule has 1 aliphatic rings. The van der Waals surface area contributed by atoms with Crippen LogP contribution in [-0.2, 0) is 0 Å². The van der Waals surface area contributed by atoms with Crippen molar-refractivity contribution in [2.24, 2.45) is 0 Å². The first-order valence-corrected chi connectivity index (χ1v) is 9.41. The smallest absolute Gasteiger partial charge is 0.144 e. The van der Waals surface area contributed by atoms with Gasteiger partial charge in [0.25, 0.3) is 0 Å². The zero-order chi connectivity index (χ0) is 15.6. The van der Waals surface area contributed by atoms with Gasteiger partial charge >= 0.3 is 0 Å². The number of hydrogen-bond acceptors (Lipinski definition) is 7. The molecule has 7 heteroatoms. The van der Waals surface area contributed by atoms with Crippen molar-refractivity contribution in [2.45, 2.75) is 25.7 Å². The van der Waals surface area contributed by atoms with Crippen molar-refractivity contribution in [3.63, 3.8) is 0 Å². The third-order valence-corrected chi connectivity index (χ3v) is 6.23. The molecule has 1 saturated heterocycles. The Morgan fingerprint density at radius 3 is 2.78 bits per heavy atom. The number of aromatic nitrogens is 4. The predicted octanol–water partition coefficient (Wildman–Crippen LogP) is 3.50. The van der Waals surface area contributed by atoms with E-state index in [1.165, 1.54) is 17.8 Å². The Balaban J connectivity index is 1.63. The monoisotopic (exact) mass is 343 g/mol. The van der Waals surface area contributed by atoms with E-state index in [0.717, 1.165) is 40.1 Å². The van der Waals surface area contributed by atoms with Gasteiger partial charge in [-0.25, -0.2) is 9.97 Å². The molecule has 0 unspecified atom stereocenters. The lowest BCUT2D eigenvalue weighted by atomic mass is 9.99. The molecule has 0 aliphatic carbocycles. The van der Waals surface area contributed by atoms with E-state index >= 15 is 0 Å². The van der Waals surface area contributed by atoms with Crippen LogP contribution in [0.3, 0.4) is 0 Å². The van der Waals surface area contributed by atoms with E-state index in [0.29, 0.717) is 5.92 Å². The van der Waals surface area contributed by atoms with Crippen molar-refractivity contribution in [3.05, 3.63) is 34.7 Å². The molecule has 0 saturated carbocycles. The van der Waals surface area contributed by atoms with Crippen molar-refractivity contribution >= 4 is 22.7 Å². The third kappa shape index (κ3) is 3.04. The fraction of sp³-hybridized carbons (Fsp3) is 0.375. The zero-order valence-corrected chi connectivity index (χ0v) is 14.5. The van der Waals surface area contributed by atoms with Gasteiger partial charge in [0.05, 0.1) is 27.5 Å². The van der Waals surface area contributed by atoms with Crippen LogP contribution < -0.4 is 5.32 Å². The number of piperidine rings is 1. The summed E-state index contributed by atoms with van der Waals surface area (Å²) in [4.78, 5) is 19.1. The minimum atomic E-state index is 0.600. The molecule has 0 spiro atoms. The lowest BCUT2D eigenvalue weighted by molar-refractivity contribution is 0.459. The molecular weight excluding hydrogens is 326 g/mol. The summed E-state index contributed by atoms with van der Waals surface area (Å²) < 4.78 is 0. The molecule has 0 bridgehead atoms. The van der Waals surface area contributed by atoms with Crippen LogP contribution in [0.2, 0.25) is 0 Å². The van der Waals surface area contributed by atoms with Gasteiger partial charge in [0.1, 0.15) is 10.7 Å². The molecule has 23 heavy (non-hydrogen) atoms. The van der Waals surface area contributed by atoms with Gasteiger partial charge in [0.15, 0.2) is 0 Å². The van der Waals surface area contributed by atoms with Crippen molar-refractivity contribution < 1.29 is 0 Å². The Morgan fingerprint density at radius 1 is 1.13 bits per heavy atom. The minimum absolute atomic E-state index is 0.600. The fourth-order valence-corrected chi connectivity index (χ4v) is 4.85. The highest BCUT2D eigenvalue weighted by atomic mass is 32.1. The second-order valence-corrected chi connectivity index (χ2v) is 7.51. The Labute approximate surface area is 142 Å². The van der Waals surface area contributed by atoms with E-state index in [4.69, 9.17) is 4.98 Å². The fourth-order valence-electron chi connectivity index (χ4n) is 2.80. The summed E-state index contributed by atoms with van der Waals surface area (Å²) >= 11 is 3.42. The molecule has 0 amide bonds. The van der Waals surface area contributed by atoms with Crippen LogP contribution in [0.1, 0.15) is 29.5 Å². The maximum Gasteiger partial charge on any atom is 0.144 e. The largest absolute Gasteiger partial charge is 0.317 e. The Kier molecular flexibility index (Phi) is 4.15. The molecule has 4 heterocycles. The summed E-state index contributed by atoms with van der Waals surface area (Å²) in [6.07, 6.45) is 7.49. The van der Waals surface area contributed by atoms with E-state index < -0.39 is 0 Å². The number of nitrogens with zero attached hydrogens (tertiary/aromatic N) is 4. The topological polar surface area (TPSA) is 63.6 Å². The van der Waals surface area contributed by atoms with Gasteiger partial charge in [0, 0.05) is 23.7 Å². The van der Waals surface area contributed by atoms with Crippen LogP contribution in [0, 0.1) is 6.92 Å². The van der Waals surface area contributed by atoms with E-state index in [1.54, 1.807) is 41.3 Å². The highest BCUT2D eigenvalue weighted by molar-refractivity contribution is 7.18. The van der Waals surface area contributed by atoms with Crippen LogP contribution in [0.4, 0.5) is 0 Å². The number of nitrogens with one attached hydrogen (secondary N) is 1. The lowest BCUT2D eigenvalue weighted by Gasteiger charge is -2.20. The third-order valence-electron chi connectivity index (χ3n) is 4.02. The molecule has 1 fully saturated rings. The Hall–Kier alpha value is -1.70. The second-order valence-electron chi connectivity index (χ2n) is 5.62. The highest BCUT2D eigenvalue weighted by Crippen LogP contribution is 2.37. The van der Waals surface area contributed by atoms with Crippen LogP contribution in [-0.4, -0.2) is 33.0 Å². The average Bonchev–Trinajstić information content (AvgIpc) is 3.23. The Bertz CT molecular complexity index is 790. The van der Waals surface area contributed by atoms with Crippen LogP contribution >= 0.6 is 22.7 Å². The molecule has 4 rings (SSSR count). The SMILES string of the molecule is Cc1nc(-c2cnccn2)sc1-c1csc(C2CCNCC2)n1. The predicted molar refractivity (Wildman–Crippen MR) is 93.8 cm³/mol. The molecule has 0 aromatic carbocycles. The van der Waals surface area contributed by atoms with Crippen LogP contribution in [0.25, 0.3) is 21.3 Å². The number of hydrogen-bond donors (Lipinski definition) is 1. The summed E-state index contributed by atoms with van der Waals surface area (Å²) in [5.74, 6) is 0.600. The molecule has 1 aliphatic heterocycles. The molecule has 3 aromatic rings. The van der Waals surface area contributed by atoms with Gasteiger partial charge in [-0.15, -0.1) is 22.7 Å². The van der Waals surface area contributed by atoms with Crippen molar-refractivity contribution in [1.82, 2.24) is 25.3 Å². The molecule has 1 N–H and O–H groups in total. The summed E-state index contributed by atoms with van der Waals surface area (Å²) in [5.41, 5.74) is 2.88. The normalized spacial score (nSPS) is 15.9. The van der Waals surface area contributed by atoms with Crippen molar-refractivity contribution in [2.75, 3.05) is 13.1 Å². The zero-order valence-electron chi connectivity index (χ0n) is 12.8. The van der Waals surface area contributed by atoms with Gasteiger partial charge in [-0.05, 0) is 32.9 Å². The molecule has 118 valence electrons. The first-order chi connectivity index (χ1) is 11.3. The van der Waals surface area contributed by atoms with Crippen LogP contribution in [0.5, 0.6) is 0 Å². The van der Waals surface area contributed by atoms with Gasteiger partial charge in [-0.1, -0.05) is 0 Å². The molecule has 3 aromatic heterocycles. The highest BCUT2D eigenvalue weighted by Gasteiger charge is 2.20. The standard InChI is InChI=1S/C16H17N5S2/c1-10-14(23-16(20-10)12-8-18-6-7-19-12)13-9-22-15(21-13)11-2-4-17-5-3-11/h6-9,11,17H,2-5H2,1H3. The van der Waals surface area contributed by atoms with Gasteiger partial charge < -0.3 is 5.32 Å². The molecule has 0 atom stereocenters. The maximum absolute atomic E-state index is 4.90. The van der Waals surface area contributed by atoms with E-state index in [1.807, 2.05) is 6.92 Å². The first kappa shape index (κ1) is 14.9. The van der Waals surface area contributed by atoms with E-state index in [-0.39, 0.29) is 0 Å². The summed E-state index contributed by atoms with van der Waals surface area (Å²) in [5, 5.41) is 7.74. The number of thiazole rings is 2. The summed E-state index contributed by atoms with van der Waals surface area (Å²) in [7, 11) is 0. The van der Waals surface area contributed by atoms with Gasteiger partial charge in [-0.2, -0.15) is 0 Å². The van der Waals surface area contributed by atoms with Gasteiger partial charge in [0.2, 0.25) is 0 Å². The summed E-state index contributed by atoms with van der Waals surface area (Å²) in [6, 6.07) is 0. The average molecular weight is 343 g/mol. The molecule has 0 radical (unpaired) electrons. The minimum Gasteiger partial charge on any atom is -0.317 e. The first-order valence-electron chi connectivity index (χ1n) is 7.71. The van der Waals surface area contributed by atoms with Gasteiger partial charge in [-0.3, -0.25) is 9.97 Å². The number of rotatable bonds is 3. The van der Waals surface area contributed by atoms with E-state index in [2.05, 4.69) is 25.6 Å². The van der Waals surface area contributed by atoms with Crippen molar-refractivity contribution in [1.29, 1.82) is 0 Å². The quantitative estimate of drug-likeness (QED) is 0.788. The maximum atomic E-state index is 4.90. The number of aryl methyl sites for hydroxylation is 1. The van der Waals surface area contributed by atoms with Crippen LogP contribution in [0.15, 0.2) is 24.0 Å². The second kappa shape index (κ2) is 6.43.